The van der Waals surface area contributed by atoms with Crippen LogP contribution in [0.25, 0.3) is 0 Å². The van der Waals surface area contributed by atoms with Crippen LogP contribution in [-0.2, 0) is 23.1 Å². The Hall–Kier alpha value is -1.89. The minimum absolute atomic E-state index is 0.0802. The standard InChI is InChI=1S/C14H23N3O4/c1-9-11(10(2)17(4)16-9)5-6-12(18)15-8-14(3,21)7-13(19)20/h21H,5-8H2,1-4H3,(H,15,18)(H,19,20). The largest absolute Gasteiger partial charge is 0.481 e. The quantitative estimate of drug-likeness (QED) is 0.672. The second kappa shape index (κ2) is 6.71. The van der Waals surface area contributed by atoms with Gasteiger partial charge in [0, 0.05) is 25.7 Å². The maximum absolute atomic E-state index is 11.8. The number of carbonyl (C=O) groups excluding carboxylic acids is 1. The number of amides is 1. The van der Waals surface area contributed by atoms with Gasteiger partial charge in [-0.15, -0.1) is 0 Å². The van der Waals surface area contributed by atoms with E-state index in [9.17, 15) is 14.7 Å². The van der Waals surface area contributed by atoms with E-state index >= 15 is 0 Å². The zero-order chi connectivity index (χ0) is 16.2. The molecule has 3 N–H and O–H groups in total. The number of carboxylic acid groups (broad SMARTS) is 1. The summed E-state index contributed by atoms with van der Waals surface area (Å²) in [6, 6.07) is 0. The van der Waals surface area contributed by atoms with E-state index in [0.29, 0.717) is 6.42 Å². The molecular formula is C14H23N3O4. The number of rotatable bonds is 7. The van der Waals surface area contributed by atoms with Gasteiger partial charge in [-0.25, -0.2) is 0 Å². The van der Waals surface area contributed by atoms with Crippen molar-refractivity contribution >= 4 is 11.9 Å². The van der Waals surface area contributed by atoms with Gasteiger partial charge >= 0.3 is 5.97 Å². The lowest BCUT2D eigenvalue weighted by Crippen LogP contribution is -2.42. The smallest absolute Gasteiger partial charge is 0.306 e. The molecule has 0 saturated carbocycles. The predicted octanol–water partition coefficient (Wildman–Crippen LogP) is 0.311. The van der Waals surface area contributed by atoms with Crippen molar-refractivity contribution in [1.82, 2.24) is 15.1 Å². The van der Waals surface area contributed by atoms with E-state index in [1.165, 1.54) is 6.92 Å². The maximum atomic E-state index is 11.8. The van der Waals surface area contributed by atoms with Crippen molar-refractivity contribution < 1.29 is 19.8 Å². The van der Waals surface area contributed by atoms with Crippen molar-refractivity contribution in [3.05, 3.63) is 17.0 Å². The molecule has 0 aliphatic rings. The SMILES string of the molecule is Cc1nn(C)c(C)c1CCC(=O)NCC(C)(O)CC(=O)O. The Morgan fingerprint density at radius 1 is 1.38 bits per heavy atom. The Morgan fingerprint density at radius 3 is 2.48 bits per heavy atom. The van der Waals surface area contributed by atoms with Crippen LogP contribution >= 0.6 is 0 Å². The van der Waals surface area contributed by atoms with Crippen LogP contribution in [0.4, 0.5) is 0 Å². The van der Waals surface area contributed by atoms with Crippen LogP contribution in [0.3, 0.4) is 0 Å². The van der Waals surface area contributed by atoms with Crippen molar-refractivity contribution in [1.29, 1.82) is 0 Å². The highest BCUT2D eigenvalue weighted by Gasteiger charge is 2.24. The fourth-order valence-corrected chi connectivity index (χ4v) is 2.18. The van der Waals surface area contributed by atoms with Gasteiger partial charge in [-0.05, 0) is 32.8 Å². The fraction of sp³-hybridized carbons (Fsp3) is 0.643. The molecule has 0 aliphatic carbocycles. The van der Waals surface area contributed by atoms with Crippen molar-refractivity contribution in [3.63, 3.8) is 0 Å². The molecule has 118 valence electrons. The van der Waals surface area contributed by atoms with Gasteiger partial charge < -0.3 is 15.5 Å². The Labute approximate surface area is 124 Å². The lowest BCUT2D eigenvalue weighted by atomic mass is 10.0. The predicted molar refractivity (Wildman–Crippen MR) is 76.9 cm³/mol. The molecule has 1 atom stereocenters. The second-order valence-corrected chi connectivity index (χ2v) is 5.62. The minimum atomic E-state index is -1.44. The van der Waals surface area contributed by atoms with E-state index in [1.54, 1.807) is 4.68 Å². The van der Waals surface area contributed by atoms with Crippen LogP contribution in [0.2, 0.25) is 0 Å². The summed E-state index contributed by atoms with van der Waals surface area (Å²) in [4.78, 5) is 22.3. The summed E-state index contributed by atoms with van der Waals surface area (Å²) in [6.45, 7) is 5.16. The van der Waals surface area contributed by atoms with Crippen LogP contribution in [0.1, 0.15) is 36.7 Å². The lowest BCUT2D eigenvalue weighted by Gasteiger charge is -2.21. The molecule has 0 aromatic carbocycles. The van der Waals surface area contributed by atoms with Crippen molar-refractivity contribution in [3.8, 4) is 0 Å². The van der Waals surface area contributed by atoms with Gasteiger partial charge in [0.05, 0.1) is 17.7 Å². The number of nitrogens with one attached hydrogen (secondary N) is 1. The first-order valence-corrected chi connectivity index (χ1v) is 6.82. The Balaban J connectivity index is 2.46. The van der Waals surface area contributed by atoms with Crippen LogP contribution < -0.4 is 5.32 Å². The molecule has 1 heterocycles. The number of nitrogens with zero attached hydrogens (tertiary/aromatic N) is 2. The van der Waals surface area contributed by atoms with E-state index in [1.807, 2.05) is 20.9 Å². The second-order valence-electron chi connectivity index (χ2n) is 5.62. The van der Waals surface area contributed by atoms with E-state index in [-0.39, 0.29) is 18.9 Å². The molecule has 0 aliphatic heterocycles. The molecule has 1 aromatic rings. The number of aryl methyl sites for hydroxylation is 2. The average Bonchev–Trinajstić information content (AvgIpc) is 2.57. The molecule has 0 spiro atoms. The molecule has 1 aromatic heterocycles. The van der Waals surface area contributed by atoms with E-state index in [0.717, 1.165) is 17.0 Å². The number of carboxylic acids is 1. The molecule has 0 saturated heterocycles. The van der Waals surface area contributed by atoms with Gasteiger partial charge in [0.25, 0.3) is 0 Å². The molecule has 7 heteroatoms. The molecule has 1 unspecified atom stereocenters. The van der Waals surface area contributed by atoms with E-state index in [2.05, 4.69) is 10.4 Å². The third-order valence-electron chi connectivity index (χ3n) is 3.46. The number of aliphatic hydroxyl groups is 1. The molecular weight excluding hydrogens is 274 g/mol. The van der Waals surface area contributed by atoms with Gasteiger partial charge in [-0.1, -0.05) is 0 Å². The highest BCUT2D eigenvalue weighted by atomic mass is 16.4. The van der Waals surface area contributed by atoms with E-state index < -0.39 is 18.0 Å². The van der Waals surface area contributed by atoms with Gasteiger partial charge in [-0.3, -0.25) is 14.3 Å². The highest BCUT2D eigenvalue weighted by molar-refractivity contribution is 5.76. The minimum Gasteiger partial charge on any atom is -0.481 e. The Bertz CT molecular complexity index is 535. The highest BCUT2D eigenvalue weighted by Crippen LogP contribution is 2.14. The third-order valence-corrected chi connectivity index (χ3v) is 3.46. The average molecular weight is 297 g/mol. The van der Waals surface area contributed by atoms with Gasteiger partial charge in [0.15, 0.2) is 0 Å². The molecule has 1 amide bonds. The number of aromatic nitrogens is 2. The first-order valence-electron chi connectivity index (χ1n) is 6.82. The zero-order valence-corrected chi connectivity index (χ0v) is 12.9. The van der Waals surface area contributed by atoms with E-state index in [4.69, 9.17) is 5.11 Å². The fourth-order valence-electron chi connectivity index (χ4n) is 2.18. The Kier molecular flexibility index (Phi) is 5.48. The van der Waals surface area contributed by atoms with Crippen molar-refractivity contribution in [2.24, 2.45) is 7.05 Å². The topological polar surface area (TPSA) is 104 Å². The normalized spacial score (nSPS) is 13.8. The Morgan fingerprint density at radius 2 is 2.00 bits per heavy atom. The molecule has 0 bridgehead atoms. The summed E-state index contributed by atoms with van der Waals surface area (Å²) in [7, 11) is 1.86. The number of aliphatic carboxylic acids is 1. The molecule has 0 fully saturated rings. The van der Waals surface area contributed by atoms with Crippen LogP contribution in [-0.4, -0.2) is 44.0 Å². The number of carbonyl (C=O) groups is 2. The zero-order valence-electron chi connectivity index (χ0n) is 12.9. The number of hydrogen-bond acceptors (Lipinski definition) is 4. The van der Waals surface area contributed by atoms with Crippen LogP contribution in [0.15, 0.2) is 0 Å². The van der Waals surface area contributed by atoms with Crippen LogP contribution in [0.5, 0.6) is 0 Å². The lowest BCUT2D eigenvalue weighted by molar-refractivity contribution is -0.142. The molecule has 0 radical (unpaired) electrons. The summed E-state index contributed by atoms with van der Waals surface area (Å²) < 4.78 is 1.78. The summed E-state index contributed by atoms with van der Waals surface area (Å²) >= 11 is 0. The summed E-state index contributed by atoms with van der Waals surface area (Å²) in [5.74, 6) is -1.32. The maximum Gasteiger partial charge on any atom is 0.306 e. The third kappa shape index (κ3) is 5.18. The first kappa shape index (κ1) is 17.2. The van der Waals surface area contributed by atoms with Gasteiger partial charge in [-0.2, -0.15) is 5.10 Å². The molecule has 21 heavy (non-hydrogen) atoms. The monoisotopic (exact) mass is 297 g/mol. The summed E-state index contributed by atoms with van der Waals surface area (Å²) in [5, 5.41) is 25.3. The molecule has 7 nitrogen and oxygen atoms in total. The number of hydrogen-bond donors (Lipinski definition) is 3. The first-order chi connectivity index (χ1) is 9.62. The van der Waals surface area contributed by atoms with Crippen molar-refractivity contribution in [2.75, 3.05) is 6.54 Å². The summed E-state index contributed by atoms with van der Waals surface area (Å²) in [6.07, 6.45) is 0.434. The molecule has 1 rings (SSSR count). The van der Waals surface area contributed by atoms with Gasteiger partial charge in [0.1, 0.15) is 0 Å². The van der Waals surface area contributed by atoms with Crippen LogP contribution in [0, 0.1) is 13.8 Å². The van der Waals surface area contributed by atoms with Gasteiger partial charge in [0.2, 0.25) is 5.91 Å². The van der Waals surface area contributed by atoms with Crippen molar-refractivity contribution in [2.45, 2.75) is 45.6 Å². The summed E-state index contributed by atoms with van der Waals surface area (Å²) in [5.41, 5.74) is 1.53.